The fourth-order valence-corrected chi connectivity index (χ4v) is 5.51. The number of hydrogen-bond acceptors (Lipinski definition) is 2. The number of imidazole rings is 2. The van der Waals surface area contributed by atoms with E-state index >= 15 is 0 Å². The molecule has 168 valence electrons. The van der Waals surface area contributed by atoms with Crippen LogP contribution < -0.4 is 0 Å². The van der Waals surface area contributed by atoms with Crippen molar-refractivity contribution in [3.63, 3.8) is 0 Å². The first kappa shape index (κ1) is 19.4. The van der Waals surface area contributed by atoms with E-state index in [1.807, 2.05) is 12.1 Å². The van der Waals surface area contributed by atoms with Crippen molar-refractivity contribution in [3.8, 4) is 17.1 Å². The van der Waals surface area contributed by atoms with E-state index in [0.29, 0.717) is 0 Å². The minimum Gasteiger partial charge on any atom is -0.292 e. The van der Waals surface area contributed by atoms with Crippen molar-refractivity contribution in [2.75, 3.05) is 0 Å². The molecule has 0 saturated carbocycles. The number of rotatable bonds is 2. The number of nitrogens with zero attached hydrogens (tertiary/aromatic N) is 4. The van der Waals surface area contributed by atoms with E-state index in [-0.39, 0.29) is 0 Å². The summed E-state index contributed by atoms with van der Waals surface area (Å²) in [4.78, 5) is 10.2. The minimum absolute atomic E-state index is 0.913. The van der Waals surface area contributed by atoms with E-state index in [1.165, 1.54) is 10.8 Å². The summed E-state index contributed by atoms with van der Waals surface area (Å²) in [6.07, 6.45) is 0. The van der Waals surface area contributed by atoms with Crippen molar-refractivity contribution in [1.29, 1.82) is 0 Å². The molecule has 8 aromatic rings. The van der Waals surface area contributed by atoms with Crippen LogP contribution in [0.1, 0.15) is 0 Å². The predicted molar refractivity (Wildman–Crippen MR) is 148 cm³/mol. The molecule has 0 aliphatic carbocycles. The van der Waals surface area contributed by atoms with Crippen molar-refractivity contribution >= 4 is 49.4 Å². The van der Waals surface area contributed by atoms with Gasteiger partial charge < -0.3 is 0 Å². The number of aromatic nitrogens is 4. The van der Waals surface area contributed by atoms with Crippen LogP contribution in [0, 0.1) is 0 Å². The van der Waals surface area contributed by atoms with Gasteiger partial charge >= 0.3 is 0 Å². The van der Waals surface area contributed by atoms with E-state index in [1.54, 1.807) is 0 Å². The number of benzene rings is 5. The van der Waals surface area contributed by atoms with Gasteiger partial charge in [0.1, 0.15) is 11.5 Å². The molecule has 0 radical (unpaired) electrons. The maximum absolute atomic E-state index is 5.16. The highest BCUT2D eigenvalue weighted by molar-refractivity contribution is 6.13. The average molecular weight is 461 g/mol. The molecular weight excluding hydrogens is 440 g/mol. The van der Waals surface area contributed by atoms with Gasteiger partial charge in [0.05, 0.1) is 27.6 Å². The Labute approximate surface area is 206 Å². The summed E-state index contributed by atoms with van der Waals surface area (Å²) in [6, 6.07) is 42.3. The van der Waals surface area contributed by atoms with Gasteiger partial charge in [-0.2, -0.15) is 0 Å². The highest BCUT2D eigenvalue weighted by Crippen LogP contribution is 2.34. The maximum atomic E-state index is 5.16. The van der Waals surface area contributed by atoms with Crippen molar-refractivity contribution in [2.24, 2.45) is 0 Å². The summed E-state index contributed by atoms with van der Waals surface area (Å²) < 4.78 is 4.52. The number of para-hydroxylation sites is 4. The molecule has 0 spiro atoms. The summed E-state index contributed by atoms with van der Waals surface area (Å²) in [7, 11) is 0. The molecule has 0 fully saturated rings. The molecule has 0 amide bonds. The lowest BCUT2D eigenvalue weighted by atomic mass is 10.1. The Balaban J connectivity index is 1.46. The standard InChI is InChI=1S/C32H20N4/c1-2-10-22(11-3-1)35-29-17-9-7-15-26(29)33-31(35)21-18-19-30-27(20-21)34-32-25-14-5-4-12-23(25)24-13-6-8-16-28(24)36(30)32/h1-20H. The summed E-state index contributed by atoms with van der Waals surface area (Å²) in [5.74, 6) is 0.913. The first-order chi connectivity index (χ1) is 17.9. The number of hydrogen-bond donors (Lipinski definition) is 0. The second kappa shape index (κ2) is 7.27. The zero-order valence-electron chi connectivity index (χ0n) is 19.3. The second-order valence-corrected chi connectivity index (χ2v) is 9.13. The minimum atomic E-state index is 0.913. The first-order valence-corrected chi connectivity index (χ1v) is 12.1. The van der Waals surface area contributed by atoms with E-state index in [0.717, 1.165) is 55.7 Å². The van der Waals surface area contributed by atoms with Crippen LogP contribution in [-0.4, -0.2) is 18.9 Å². The molecule has 4 heteroatoms. The molecule has 0 aliphatic heterocycles. The van der Waals surface area contributed by atoms with Gasteiger partial charge in [0.25, 0.3) is 0 Å². The Kier molecular flexibility index (Phi) is 3.91. The summed E-state index contributed by atoms with van der Waals surface area (Å²) in [5, 5.41) is 3.61. The van der Waals surface area contributed by atoms with Gasteiger partial charge in [-0.1, -0.05) is 72.8 Å². The molecule has 3 heterocycles. The average Bonchev–Trinajstić information content (AvgIpc) is 3.53. The zero-order chi connectivity index (χ0) is 23.6. The Morgan fingerprint density at radius 3 is 2.03 bits per heavy atom. The van der Waals surface area contributed by atoms with Crippen molar-refractivity contribution < 1.29 is 0 Å². The smallest absolute Gasteiger partial charge is 0.146 e. The van der Waals surface area contributed by atoms with Crippen LogP contribution in [-0.2, 0) is 0 Å². The summed E-state index contributed by atoms with van der Waals surface area (Å²) in [5.41, 5.74) is 8.40. The van der Waals surface area contributed by atoms with Crippen molar-refractivity contribution in [2.45, 2.75) is 0 Å². The van der Waals surface area contributed by atoms with Crippen LogP contribution >= 0.6 is 0 Å². The van der Waals surface area contributed by atoms with Gasteiger partial charge in [-0.15, -0.1) is 0 Å². The van der Waals surface area contributed by atoms with E-state index in [2.05, 4.69) is 118 Å². The molecule has 3 aromatic heterocycles. The molecule has 4 nitrogen and oxygen atoms in total. The van der Waals surface area contributed by atoms with Crippen LogP contribution in [0.2, 0.25) is 0 Å². The van der Waals surface area contributed by atoms with E-state index in [4.69, 9.17) is 9.97 Å². The largest absolute Gasteiger partial charge is 0.292 e. The molecule has 5 aromatic carbocycles. The molecular formula is C32H20N4. The van der Waals surface area contributed by atoms with Crippen LogP contribution in [0.15, 0.2) is 121 Å². The lowest BCUT2D eigenvalue weighted by molar-refractivity contribution is 1.10. The lowest BCUT2D eigenvalue weighted by Crippen LogP contribution is -1.97. The van der Waals surface area contributed by atoms with Gasteiger partial charge in [0.15, 0.2) is 0 Å². The Hall–Kier alpha value is -4.96. The Bertz CT molecular complexity index is 2100. The highest BCUT2D eigenvalue weighted by atomic mass is 15.1. The second-order valence-electron chi connectivity index (χ2n) is 9.13. The summed E-state index contributed by atoms with van der Waals surface area (Å²) in [6.45, 7) is 0. The number of fused-ring (bicyclic) bond motifs is 9. The van der Waals surface area contributed by atoms with Crippen LogP contribution in [0.5, 0.6) is 0 Å². The van der Waals surface area contributed by atoms with E-state index in [9.17, 15) is 0 Å². The molecule has 0 saturated heterocycles. The topological polar surface area (TPSA) is 35.1 Å². The molecule has 0 aliphatic rings. The number of pyridine rings is 1. The Morgan fingerprint density at radius 1 is 0.472 bits per heavy atom. The van der Waals surface area contributed by atoms with E-state index < -0.39 is 0 Å². The Morgan fingerprint density at radius 2 is 1.17 bits per heavy atom. The van der Waals surface area contributed by atoms with Gasteiger partial charge in [-0.25, -0.2) is 9.97 Å². The van der Waals surface area contributed by atoms with Gasteiger partial charge in [-0.3, -0.25) is 8.97 Å². The zero-order valence-corrected chi connectivity index (χ0v) is 19.3. The third-order valence-corrected chi connectivity index (χ3v) is 7.09. The quantitative estimate of drug-likeness (QED) is 0.247. The van der Waals surface area contributed by atoms with Crippen molar-refractivity contribution in [1.82, 2.24) is 18.9 Å². The van der Waals surface area contributed by atoms with Gasteiger partial charge in [0.2, 0.25) is 0 Å². The summed E-state index contributed by atoms with van der Waals surface area (Å²) >= 11 is 0. The predicted octanol–water partition coefficient (Wildman–Crippen LogP) is 7.80. The van der Waals surface area contributed by atoms with Crippen LogP contribution in [0.3, 0.4) is 0 Å². The molecule has 0 unspecified atom stereocenters. The first-order valence-electron chi connectivity index (χ1n) is 12.1. The fraction of sp³-hybridized carbons (Fsp3) is 0. The monoisotopic (exact) mass is 460 g/mol. The van der Waals surface area contributed by atoms with Crippen LogP contribution in [0.4, 0.5) is 0 Å². The van der Waals surface area contributed by atoms with Gasteiger partial charge in [0, 0.05) is 22.0 Å². The molecule has 8 rings (SSSR count). The molecule has 0 N–H and O–H groups in total. The van der Waals surface area contributed by atoms with Crippen LogP contribution in [0.25, 0.3) is 66.5 Å². The normalized spacial score (nSPS) is 11.9. The highest BCUT2D eigenvalue weighted by Gasteiger charge is 2.17. The molecule has 0 bridgehead atoms. The molecule has 0 atom stereocenters. The maximum Gasteiger partial charge on any atom is 0.146 e. The fourth-order valence-electron chi connectivity index (χ4n) is 5.51. The molecule has 36 heavy (non-hydrogen) atoms. The third-order valence-electron chi connectivity index (χ3n) is 7.09. The third kappa shape index (κ3) is 2.64. The van der Waals surface area contributed by atoms with Gasteiger partial charge in [-0.05, 0) is 53.9 Å². The lowest BCUT2D eigenvalue weighted by Gasteiger charge is -2.10. The van der Waals surface area contributed by atoms with Crippen molar-refractivity contribution in [3.05, 3.63) is 121 Å². The SMILES string of the molecule is c1ccc(-n2c(-c3ccc4c(c3)nc3c5ccccc5c5ccccc5n43)nc3ccccc32)cc1.